The second kappa shape index (κ2) is 12.2. The Morgan fingerprint density at radius 2 is 1.57 bits per heavy atom. The third-order valence-corrected chi connectivity index (χ3v) is 7.06. The second-order valence-corrected chi connectivity index (χ2v) is 10.1. The molecule has 3 amide bonds. The molecule has 1 aliphatic heterocycles. The Morgan fingerprint density at radius 3 is 2.31 bits per heavy atom. The van der Waals surface area contributed by atoms with Crippen LogP contribution in [0.1, 0.15) is 29.7 Å². The van der Waals surface area contributed by atoms with E-state index in [1.54, 1.807) is 25.2 Å². The molecule has 9 heteroatoms. The standard InChI is InChI=1S/C33H29F2N3O4/c1-20(36-30(39)16-22-14-23(34)17-24(35)15-22)32(40)37-31-28-11-7-6-10-26(28)27-13-12-25(18-29(27)38(2)33(31)41)42-19-21-8-4-3-5-9-21/h3-15,17-18,20,31H,16,19H2,1-2H3,(H,36,39)(H,37,40)/t20-,31?/m0/s1. The number of halogens is 2. The van der Waals surface area contributed by atoms with Gasteiger partial charge in [0.1, 0.15) is 36.1 Å². The lowest BCUT2D eigenvalue weighted by molar-refractivity contribution is -0.130. The van der Waals surface area contributed by atoms with Crippen molar-refractivity contribution in [1.82, 2.24) is 10.6 Å². The van der Waals surface area contributed by atoms with Crippen LogP contribution >= 0.6 is 0 Å². The number of fused-ring (bicyclic) bond motifs is 3. The predicted molar refractivity (Wildman–Crippen MR) is 155 cm³/mol. The van der Waals surface area contributed by atoms with Crippen molar-refractivity contribution in [3.8, 4) is 16.9 Å². The van der Waals surface area contributed by atoms with Gasteiger partial charge in [0.25, 0.3) is 5.91 Å². The third kappa shape index (κ3) is 6.30. The van der Waals surface area contributed by atoms with Crippen molar-refractivity contribution < 1.29 is 27.9 Å². The Hall–Kier alpha value is -5.05. The zero-order valence-corrected chi connectivity index (χ0v) is 23.1. The van der Waals surface area contributed by atoms with Crippen molar-refractivity contribution in [2.75, 3.05) is 11.9 Å². The van der Waals surface area contributed by atoms with Crippen LogP contribution in [0.3, 0.4) is 0 Å². The maximum Gasteiger partial charge on any atom is 0.253 e. The van der Waals surface area contributed by atoms with E-state index in [4.69, 9.17) is 4.74 Å². The summed E-state index contributed by atoms with van der Waals surface area (Å²) in [6.45, 7) is 1.84. The van der Waals surface area contributed by atoms with E-state index in [0.717, 1.165) is 28.8 Å². The van der Waals surface area contributed by atoms with Gasteiger partial charge in [0, 0.05) is 24.7 Å². The smallest absolute Gasteiger partial charge is 0.253 e. The Kier molecular flexibility index (Phi) is 8.28. The van der Waals surface area contributed by atoms with Gasteiger partial charge in [-0.25, -0.2) is 8.78 Å². The molecule has 7 nitrogen and oxygen atoms in total. The molecule has 0 aromatic heterocycles. The number of hydrogen-bond donors (Lipinski definition) is 2. The fourth-order valence-corrected chi connectivity index (χ4v) is 4.95. The number of anilines is 1. The first-order valence-corrected chi connectivity index (χ1v) is 13.4. The average molecular weight is 570 g/mol. The topological polar surface area (TPSA) is 87.7 Å². The number of nitrogens with one attached hydrogen (secondary N) is 2. The van der Waals surface area contributed by atoms with Gasteiger partial charge in [-0.1, -0.05) is 54.6 Å². The molecule has 1 heterocycles. The van der Waals surface area contributed by atoms with E-state index in [0.29, 0.717) is 29.7 Å². The number of likely N-dealkylation sites (N-methyl/N-ethyl adjacent to an activating group) is 1. The number of nitrogens with zero attached hydrogens (tertiary/aromatic N) is 1. The molecular weight excluding hydrogens is 540 g/mol. The summed E-state index contributed by atoms with van der Waals surface area (Å²) in [7, 11) is 1.64. The Bertz CT molecular complexity index is 1620. The van der Waals surface area contributed by atoms with Crippen molar-refractivity contribution in [3.63, 3.8) is 0 Å². The molecule has 4 aromatic rings. The second-order valence-electron chi connectivity index (χ2n) is 10.1. The van der Waals surface area contributed by atoms with Gasteiger partial charge in [0.05, 0.1) is 12.1 Å². The quantitative estimate of drug-likeness (QED) is 0.310. The monoisotopic (exact) mass is 569 g/mol. The van der Waals surface area contributed by atoms with E-state index in [9.17, 15) is 23.2 Å². The fourth-order valence-electron chi connectivity index (χ4n) is 4.95. The number of ether oxygens (including phenoxy) is 1. The Morgan fingerprint density at radius 1 is 0.881 bits per heavy atom. The summed E-state index contributed by atoms with van der Waals surface area (Å²) in [4.78, 5) is 40.9. The number of rotatable bonds is 8. The number of benzene rings is 4. The van der Waals surface area contributed by atoms with Crippen molar-refractivity contribution in [1.29, 1.82) is 0 Å². The van der Waals surface area contributed by atoms with E-state index in [-0.39, 0.29) is 17.9 Å². The van der Waals surface area contributed by atoms with Crippen LogP contribution < -0.4 is 20.3 Å². The molecule has 0 bridgehead atoms. The van der Waals surface area contributed by atoms with E-state index in [1.807, 2.05) is 54.6 Å². The van der Waals surface area contributed by atoms with E-state index >= 15 is 0 Å². The molecule has 1 aliphatic rings. The van der Waals surface area contributed by atoms with Gasteiger partial charge in [-0.3, -0.25) is 14.4 Å². The summed E-state index contributed by atoms with van der Waals surface area (Å²) in [6.07, 6.45) is -0.315. The van der Waals surface area contributed by atoms with Crippen molar-refractivity contribution in [2.45, 2.75) is 32.0 Å². The highest BCUT2D eigenvalue weighted by molar-refractivity contribution is 6.06. The summed E-state index contributed by atoms with van der Waals surface area (Å²) in [5.74, 6) is -2.56. The molecule has 0 saturated carbocycles. The van der Waals surface area contributed by atoms with Crippen LogP contribution in [0.2, 0.25) is 0 Å². The first-order valence-electron chi connectivity index (χ1n) is 13.4. The van der Waals surface area contributed by atoms with Crippen LogP contribution in [0.15, 0.2) is 91.0 Å². The highest BCUT2D eigenvalue weighted by atomic mass is 19.1. The van der Waals surface area contributed by atoms with Crippen LogP contribution in [-0.4, -0.2) is 30.8 Å². The summed E-state index contributed by atoms with van der Waals surface area (Å²) in [6, 6.07) is 23.4. The first kappa shape index (κ1) is 28.5. The minimum absolute atomic E-state index is 0.136. The third-order valence-electron chi connectivity index (χ3n) is 7.06. The maximum absolute atomic E-state index is 13.8. The molecule has 1 unspecified atom stereocenters. The van der Waals surface area contributed by atoms with Crippen LogP contribution in [0.5, 0.6) is 5.75 Å². The molecule has 2 atom stereocenters. The van der Waals surface area contributed by atoms with Gasteiger partial charge in [0.2, 0.25) is 11.8 Å². The lowest BCUT2D eigenvalue weighted by Crippen LogP contribution is -2.49. The average Bonchev–Trinajstić information content (AvgIpc) is 3.05. The molecule has 4 aromatic carbocycles. The largest absolute Gasteiger partial charge is 0.489 e. The normalized spacial score (nSPS) is 14.7. The Balaban J connectivity index is 1.33. The van der Waals surface area contributed by atoms with Gasteiger partial charge in [0.15, 0.2) is 0 Å². The summed E-state index contributed by atoms with van der Waals surface area (Å²) < 4.78 is 33.0. The lowest BCUT2D eigenvalue weighted by Gasteiger charge is -2.24. The minimum Gasteiger partial charge on any atom is -0.489 e. The van der Waals surface area contributed by atoms with Crippen LogP contribution in [0.25, 0.3) is 11.1 Å². The molecule has 0 spiro atoms. The van der Waals surface area contributed by atoms with Gasteiger partial charge >= 0.3 is 0 Å². The lowest BCUT2D eigenvalue weighted by atomic mass is 9.95. The highest BCUT2D eigenvalue weighted by Gasteiger charge is 2.34. The predicted octanol–water partition coefficient (Wildman–Crippen LogP) is 5.09. The molecule has 0 radical (unpaired) electrons. The zero-order valence-electron chi connectivity index (χ0n) is 23.1. The molecular formula is C33H29F2N3O4. The van der Waals surface area contributed by atoms with E-state index in [2.05, 4.69) is 10.6 Å². The molecule has 214 valence electrons. The van der Waals surface area contributed by atoms with Gasteiger partial charge in [-0.2, -0.15) is 0 Å². The highest BCUT2D eigenvalue weighted by Crippen LogP contribution is 2.41. The number of carbonyl (C=O) groups excluding carboxylic acids is 3. The van der Waals surface area contributed by atoms with Gasteiger partial charge < -0.3 is 20.3 Å². The van der Waals surface area contributed by atoms with Crippen LogP contribution in [0.4, 0.5) is 14.5 Å². The van der Waals surface area contributed by atoms with Crippen LogP contribution in [0, 0.1) is 11.6 Å². The number of carbonyl (C=O) groups is 3. The molecule has 0 aliphatic carbocycles. The van der Waals surface area contributed by atoms with Gasteiger partial charge in [-0.15, -0.1) is 0 Å². The van der Waals surface area contributed by atoms with Gasteiger partial charge in [-0.05, 0) is 53.4 Å². The summed E-state index contributed by atoms with van der Waals surface area (Å²) in [5.41, 5.74) is 3.95. The van der Waals surface area contributed by atoms with Crippen LogP contribution in [-0.2, 0) is 27.4 Å². The van der Waals surface area contributed by atoms with E-state index in [1.165, 1.54) is 11.8 Å². The SMILES string of the molecule is C[C@H](NC(=O)Cc1cc(F)cc(F)c1)C(=O)NC1C(=O)N(C)c2cc(OCc3ccccc3)ccc2-c2ccccc21. The fraction of sp³-hybridized carbons (Fsp3) is 0.182. The summed E-state index contributed by atoms with van der Waals surface area (Å²) in [5, 5.41) is 5.32. The molecule has 0 saturated heterocycles. The number of amides is 3. The minimum atomic E-state index is -1.03. The van der Waals surface area contributed by atoms with Crippen molar-refractivity contribution in [2.24, 2.45) is 0 Å². The molecule has 42 heavy (non-hydrogen) atoms. The molecule has 2 N–H and O–H groups in total. The van der Waals surface area contributed by atoms with Crippen molar-refractivity contribution >= 4 is 23.4 Å². The molecule has 5 rings (SSSR count). The van der Waals surface area contributed by atoms with E-state index < -0.39 is 35.5 Å². The van der Waals surface area contributed by atoms with Crippen molar-refractivity contribution in [3.05, 3.63) is 119 Å². The molecule has 0 fully saturated rings. The first-order chi connectivity index (χ1) is 20.2. The zero-order chi connectivity index (χ0) is 29.8. The summed E-state index contributed by atoms with van der Waals surface area (Å²) >= 11 is 0. The maximum atomic E-state index is 13.8. The Labute approximate surface area is 242 Å². The number of hydrogen-bond acceptors (Lipinski definition) is 4.